The highest BCUT2D eigenvalue weighted by Crippen LogP contribution is 2.24. The molecular formula is C10H16O2. The standard InChI is InChI=1S/C10H16O2/c1-8(2)12-10-6-4-3-5-9(10)7-11/h7-8H,3-6H2,1-2H3. The van der Waals surface area contributed by atoms with E-state index in [-0.39, 0.29) is 6.10 Å². The minimum Gasteiger partial charge on any atom is -0.495 e. The zero-order valence-electron chi connectivity index (χ0n) is 7.80. The zero-order valence-corrected chi connectivity index (χ0v) is 7.80. The van der Waals surface area contributed by atoms with E-state index < -0.39 is 0 Å². The van der Waals surface area contributed by atoms with Crippen LogP contribution in [0.15, 0.2) is 11.3 Å². The lowest BCUT2D eigenvalue weighted by Gasteiger charge is -2.19. The summed E-state index contributed by atoms with van der Waals surface area (Å²) in [6, 6.07) is 0. The van der Waals surface area contributed by atoms with Crippen molar-refractivity contribution in [3.63, 3.8) is 0 Å². The lowest BCUT2D eigenvalue weighted by atomic mass is 9.99. The fraction of sp³-hybridized carbons (Fsp3) is 0.700. The van der Waals surface area contributed by atoms with Gasteiger partial charge in [-0.2, -0.15) is 0 Å². The van der Waals surface area contributed by atoms with E-state index in [1.807, 2.05) is 13.8 Å². The van der Waals surface area contributed by atoms with Gasteiger partial charge in [0.15, 0.2) is 0 Å². The maximum atomic E-state index is 10.6. The summed E-state index contributed by atoms with van der Waals surface area (Å²) in [5.74, 6) is 0.922. The van der Waals surface area contributed by atoms with Crippen LogP contribution >= 0.6 is 0 Å². The molecule has 0 saturated carbocycles. The third-order valence-electron chi connectivity index (χ3n) is 1.98. The third kappa shape index (κ3) is 2.36. The van der Waals surface area contributed by atoms with E-state index in [1.165, 1.54) is 0 Å². The summed E-state index contributed by atoms with van der Waals surface area (Å²) in [6.45, 7) is 3.98. The van der Waals surface area contributed by atoms with Crippen LogP contribution in [0.25, 0.3) is 0 Å². The molecule has 0 saturated heterocycles. The molecule has 12 heavy (non-hydrogen) atoms. The number of rotatable bonds is 3. The maximum absolute atomic E-state index is 10.6. The molecule has 0 amide bonds. The molecule has 0 radical (unpaired) electrons. The van der Waals surface area contributed by atoms with Gasteiger partial charge in [0.2, 0.25) is 0 Å². The minimum absolute atomic E-state index is 0.188. The Morgan fingerprint density at radius 1 is 1.33 bits per heavy atom. The number of hydrogen-bond donors (Lipinski definition) is 0. The number of hydrogen-bond acceptors (Lipinski definition) is 2. The van der Waals surface area contributed by atoms with Crippen molar-refractivity contribution in [1.82, 2.24) is 0 Å². The Labute approximate surface area is 73.6 Å². The summed E-state index contributed by atoms with van der Waals surface area (Å²) in [6.07, 6.45) is 5.24. The molecule has 0 aliphatic heterocycles. The van der Waals surface area contributed by atoms with Crippen molar-refractivity contribution >= 4 is 6.29 Å². The second kappa shape index (κ2) is 4.29. The summed E-state index contributed by atoms with van der Waals surface area (Å²) in [5.41, 5.74) is 0.870. The molecule has 1 rings (SSSR count). The fourth-order valence-corrected chi connectivity index (χ4v) is 1.44. The Morgan fingerprint density at radius 2 is 2.00 bits per heavy atom. The SMILES string of the molecule is CC(C)OC1=C(C=O)CCCC1. The van der Waals surface area contributed by atoms with Gasteiger partial charge < -0.3 is 4.74 Å². The molecule has 68 valence electrons. The average molecular weight is 168 g/mol. The van der Waals surface area contributed by atoms with Crippen molar-refractivity contribution < 1.29 is 9.53 Å². The van der Waals surface area contributed by atoms with E-state index >= 15 is 0 Å². The van der Waals surface area contributed by atoms with Crippen LogP contribution in [0.4, 0.5) is 0 Å². The molecule has 0 unspecified atom stereocenters. The molecule has 2 heteroatoms. The first-order chi connectivity index (χ1) is 5.74. The van der Waals surface area contributed by atoms with Gasteiger partial charge >= 0.3 is 0 Å². The van der Waals surface area contributed by atoms with Crippen molar-refractivity contribution in [3.8, 4) is 0 Å². The molecule has 1 aliphatic rings. The topological polar surface area (TPSA) is 26.3 Å². The lowest BCUT2D eigenvalue weighted by molar-refractivity contribution is -0.105. The van der Waals surface area contributed by atoms with Crippen LogP contribution in [0.3, 0.4) is 0 Å². The third-order valence-corrected chi connectivity index (χ3v) is 1.98. The van der Waals surface area contributed by atoms with Gasteiger partial charge in [-0.3, -0.25) is 4.79 Å². The van der Waals surface area contributed by atoms with Crippen molar-refractivity contribution in [1.29, 1.82) is 0 Å². The highest BCUT2D eigenvalue weighted by atomic mass is 16.5. The summed E-state index contributed by atoms with van der Waals surface area (Å²) in [7, 11) is 0. The van der Waals surface area contributed by atoms with Crippen molar-refractivity contribution in [2.24, 2.45) is 0 Å². The summed E-state index contributed by atoms with van der Waals surface area (Å²) in [5, 5.41) is 0. The Kier molecular flexibility index (Phi) is 3.32. The Morgan fingerprint density at radius 3 is 2.58 bits per heavy atom. The quantitative estimate of drug-likeness (QED) is 0.605. The first kappa shape index (κ1) is 9.30. The predicted octanol–water partition coefficient (Wildman–Crippen LogP) is 2.44. The van der Waals surface area contributed by atoms with Gasteiger partial charge in [0.05, 0.1) is 6.10 Å². The second-order valence-electron chi connectivity index (χ2n) is 3.44. The molecule has 0 aromatic rings. The Balaban J connectivity index is 2.66. The Hall–Kier alpha value is -0.790. The Bertz CT molecular complexity index is 192. The highest BCUT2D eigenvalue weighted by molar-refractivity contribution is 5.74. The maximum Gasteiger partial charge on any atom is 0.149 e. The van der Waals surface area contributed by atoms with Crippen LogP contribution in [0, 0.1) is 0 Å². The molecule has 0 N–H and O–H groups in total. The van der Waals surface area contributed by atoms with Gasteiger partial charge in [0.25, 0.3) is 0 Å². The second-order valence-corrected chi connectivity index (χ2v) is 3.44. The predicted molar refractivity (Wildman–Crippen MR) is 47.8 cm³/mol. The number of ether oxygens (including phenoxy) is 1. The van der Waals surface area contributed by atoms with E-state index in [1.54, 1.807) is 0 Å². The largest absolute Gasteiger partial charge is 0.495 e. The minimum atomic E-state index is 0.188. The lowest BCUT2D eigenvalue weighted by Crippen LogP contribution is -2.09. The molecule has 0 aromatic carbocycles. The molecule has 0 heterocycles. The smallest absolute Gasteiger partial charge is 0.149 e. The van der Waals surface area contributed by atoms with Crippen LogP contribution < -0.4 is 0 Å². The van der Waals surface area contributed by atoms with Gasteiger partial charge in [0.1, 0.15) is 12.0 Å². The summed E-state index contributed by atoms with van der Waals surface area (Å²) >= 11 is 0. The summed E-state index contributed by atoms with van der Waals surface area (Å²) < 4.78 is 5.54. The van der Waals surface area contributed by atoms with E-state index in [0.29, 0.717) is 0 Å². The fourth-order valence-electron chi connectivity index (χ4n) is 1.44. The van der Waals surface area contributed by atoms with Gasteiger partial charge in [-0.1, -0.05) is 0 Å². The van der Waals surface area contributed by atoms with E-state index in [4.69, 9.17) is 4.74 Å². The molecule has 0 aromatic heterocycles. The number of allylic oxidation sites excluding steroid dienone is 2. The van der Waals surface area contributed by atoms with Gasteiger partial charge in [-0.05, 0) is 33.1 Å². The normalized spacial score (nSPS) is 18.2. The van der Waals surface area contributed by atoms with Crippen molar-refractivity contribution in [2.75, 3.05) is 0 Å². The highest BCUT2D eigenvalue weighted by Gasteiger charge is 2.13. The molecule has 2 nitrogen and oxygen atoms in total. The first-order valence-corrected chi connectivity index (χ1v) is 4.58. The van der Waals surface area contributed by atoms with E-state index in [9.17, 15) is 4.79 Å². The number of carbonyl (C=O) groups excluding carboxylic acids is 1. The molecule has 0 atom stereocenters. The van der Waals surface area contributed by atoms with E-state index in [2.05, 4.69) is 0 Å². The summed E-state index contributed by atoms with van der Waals surface area (Å²) in [4.78, 5) is 10.6. The zero-order chi connectivity index (χ0) is 8.97. The number of aldehydes is 1. The molecule has 0 fully saturated rings. The number of carbonyl (C=O) groups is 1. The van der Waals surface area contributed by atoms with Crippen LogP contribution in [0.2, 0.25) is 0 Å². The van der Waals surface area contributed by atoms with Crippen LogP contribution in [-0.2, 0) is 9.53 Å². The van der Waals surface area contributed by atoms with Gasteiger partial charge in [-0.15, -0.1) is 0 Å². The average Bonchev–Trinajstić information content (AvgIpc) is 2.04. The first-order valence-electron chi connectivity index (χ1n) is 4.58. The van der Waals surface area contributed by atoms with Gasteiger partial charge in [0, 0.05) is 12.0 Å². The molecule has 1 aliphatic carbocycles. The molecule has 0 spiro atoms. The van der Waals surface area contributed by atoms with Crippen molar-refractivity contribution in [2.45, 2.75) is 45.6 Å². The van der Waals surface area contributed by atoms with Crippen molar-refractivity contribution in [3.05, 3.63) is 11.3 Å². The van der Waals surface area contributed by atoms with Crippen LogP contribution in [0.5, 0.6) is 0 Å². The van der Waals surface area contributed by atoms with Crippen LogP contribution in [0.1, 0.15) is 39.5 Å². The molecule has 0 bridgehead atoms. The van der Waals surface area contributed by atoms with Crippen LogP contribution in [-0.4, -0.2) is 12.4 Å². The molecular weight excluding hydrogens is 152 g/mol. The van der Waals surface area contributed by atoms with E-state index in [0.717, 1.165) is 43.3 Å². The van der Waals surface area contributed by atoms with Gasteiger partial charge in [-0.25, -0.2) is 0 Å². The monoisotopic (exact) mass is 168 g/mol.